The van der Waals surface area contributed by atoms with Gasteiger partial charge >= 0.3 is 5.97 Å². The molecule has 0 radical (unpaired) electrons. The Morgan fingerprint density at radius 1 is 1.10 bits per heavy atom. The Labute approximate surface area is 183 Å². The normalized spacial score (nSPS) is 14.3. The third kappa shape index (κ3) is 5.70. The molecule has 0 aromatic heterocycles. The first kappa shape index (κ1) is 22.5. The van der Waals surface area contributed by atoms with Crippen molar-refractivity contribution in [3.8, 4) is 11.1 Å². The molecule has 0 aliphatic carbocycles. The molecule has 0 saturated carbocycles. The molecule has 7 nitrogen and oxygen atoms in total. The first-order valence-electron chi connectivity index (χ1n) is 10.5. The molecule has 164 valence electrons. The minimum Gasteiger partial charge on any atom is -0.465 e. The summed E-state index contributed by atoms with van der Waals surface area (Å²) in [7, 11) is 1.36. The van der Waals surface area contributed by atoms with E-state index in [1.807, 2.05) is 31.2 Å². The van der Waals surface area contributed by atoms with Gasteiger partial charge in [-0.15, -0.1) is 0 Å². The van der Waals surface area contributed by atoms with E-state index in [0.29, 0.717) is 23.6 Å². The van der Waals surface area contributed by atoms with Crippen LogP contribution in [0.3, 0.4) is 0 Å². The lowest BCUT2D eigenvalue weighted by Crippen LogP contribution is -2.40. The summed E-state index contributed by atoms with van der Waals surface area (Å²) < 4.78 is 11.1. The first-order valence-corrected chi connectivity index (χ1v) is 10.5. The highest BCUT2D eigenvalue weighted by molar-refractivity contribution is 5.96. The fourth-order valence-corrected chi connectivity index (χ4v) is 3.77. The zero-order valence-corrected chi connectivity index (χ0v) is 18.1. The molecule has 0 amide bonds. The number of nitrogens with two attached hydrogens (primary N) is 1. The highest BCUT2D eigenvalue weighted by Gasteiger charge is 2.21. The number of amidine groups is 2. The van der Waals surface area contributed by atoms with Crippen LogP contribution in [0.5, 0.6) is 0 Å². The van der Waals surface area contributed by atoms with Gasteiger partial charge in [0.05, 0.1) is 31.2 Å². The predicted molar refractivity (Wildman–Crippen MR) is 122 cm³/mol. The lowest BCUT2D eigenvalue weighted by Gasteiger charge is -2.33. The third-order valence-corrected chi connectivity index (χ3v) is 5.57. The largest absolute Gasteiger partial charge is 0.465 e. The summed E-state index contributed by atoms with van der Waals surface area (Å²) in [5.41, 5.74) is 9.31. The van der Waals surface area contributed by atoms with Gasteiger partial charge in [0.1, 0.15) is 5.84 Å². The number of benzene rings is 2. The van der Waals surface area contributed by atoms with Crippen LogP contribution in [0.15, 0.2) is 42.5 Å². The van der Waals surface area contributed by atoms with Crippen molar-refractivity contribution in [2.24, 2.45) is 5.73 Å². The van der Waals surface area contributed by atoms with E-state index in [-0.39, 0.29) is 11.9 Å². The molecule has 0 atom stereocenters. The number of carbonyl (C=O) groups excluding carboxylic acids is 1. The Morgan fingerprint density at radius 3 is 2.45 bits per heavy atom. The maximum Gasteiger partial charge on any atom is 0.337 e. The Kier molecular flexibility index (Phi) is 7.41. The first-order chi connectivity index (χ1) is 14.9. The smallest absolute Gasteiger partial charge is 0.337 e. The summed E-state index contributed by atoms with van der Waals surface area (Å²) >= 11 is 0. The zero-order chi connectivity index (χ0) is 22.4. The molecular weight excluding hydrogens is 392 g/mol. The predicted octanol–water partition coefficient (Wildman–Crippen LogP) is 3.79. The van der Waals surface area contributed by atoms with Crippen molar-refractivity contribution in [2.75, 3.05) is 20.2 Å². The number of piperidine rings is 1. The van der Waals surface area contributed by atoms with E-state index in [0.717, 1.165) is 49.0 Å². The standard InChI is InChI=1S/C24H30N4O3/c1-3-22(25)28-9-7-21(8-10-28)31-15-16-11-19(14-20(12-16)24(29)30-2)17-5-4-6-18(13-17)23(26)27/h4-6,11-14,21,25H,3,7-10,15H2,1-2H3,(H3,26,27). The number of ether oxygens (including phenoxy) is 2. The molecule has 31 heavy (non-hydrogen) atoms. The van der Waals surface area contributed by atoms with Crippen molar-refractivity contribution in [1.82, 2.24) is 4.90 Å². The second-order valence-corrected chi connectivity index (χ2v) is 7.70. The molecule has 0 unspecified atom stereocenters. The van der Waals surface area contributed by atoms with E-state index in [2.05, 4.69) is 4.90 Å². The van der Waals surface area contributed by atoms with Crippen LogP contribution < -0.4 is 5.73 Å². The van der Waals surface area contributed by atoms with Gasteiger partial charge in [-0.3, -0.25) is 10.8 Å². The van der Waals surface area contributed by atoms with Gasteiger partial charge in [0.15, 0.2) is 0 Å². The summed E-state index contributed by atoms with van der Waals surface area (Å²) in [5.74, 6) is 0.274. The molecule has 3 rings (SSSR count). The second kappa shape index (κ2) is 10.2. The number of methoxy groups -OCH3 is 1. The van der Waals surface area contributed by atoms with Crippen LogP contribution in [-0.4, -0.2) is 48.8 Å². The molecule has 1 aliphatic heterocycles. The molecule has 1 fully saturated rings. The highest BCUT2D eigenvalue weighted by Crippen LogP contribution is 2.25. The number of carbonyl (C=O) groups is 1. The lowest BCUT2D eigenvalue weighted by atomic mass is 9.98. The van der Waals surface area contributed by atoms with Crippen LogP contribution in [0.4, 0.5) is 0 Å². The van der Waals surface area contributed by atoms with E-state index in [9.17, 15) is 4.79 Å². The van der Waals surface area contributed by atoms with E-state index in [1.165, 1.54) is 7.11 Å². The van der Waals surface area contributed by atoms with Crippen molar-refractivity contribution in [2.45, 2.75) is 38.9 Å². The van der Waals surface area contributed by atoms with Gasteiger partial charge in [-0.25, -0.2) is 4.79 Å². The van der Waals surface area contributed by atoms with Crippen molar-refractivity contribution < 1.29 is 14.3 Å². The van der Waals surface area contributed by atoms with Gasteiger partial charge in [-0.1, -0.05) is 25.1 Å². The summed E-state index contributed by atoms with van der Waals surface area (Å²) in [6, 6.07) is 13.0. The van der Waals surface area contributed by atoms with Crippen LogP contribution in [0.1, 0.15) is 47.7 Å². The summed E-state index contributed by atoms with van der Waals surface area (Å²) in [6.45, 7) is 4.06. The van der Waals surface area contributed by atoms with Crippen LogP contribution >= 0.6 is 0 Å². The van der Waals surface area contributed by atoms with Crippen molar-refractivity contribution in [3.05, 3.63) is 59.2 Å². The Balaban J connectivity index is 1.77. The Bertz CT molecular complexity index is 965. The van der Waals surface area contributed by atoms with Gasteiger partial charge in [0, 0.05) is 25.1 Å². The Hall–Kier alpha value is -3.19. The van der Waals surface area contributed by atoms with E-state index >= 15 is 0 Å². The average Bonchev–Trinajstić information content (AvgIpc) is 2.81. The molecule has 0 spiro atoms. The molecule has 7 heteroatoms. The minimum absolute atomic E-state index is 0.00275. The molecular formula is C24H30N4O3. The van der Waals surface area contributed by atoms with Gasteiger partial charge < -0.3 is 20.1 Å². The number of likely N-dealkylation sites (tertiary alicyclic amines) is 1. The average molecular weight is 423 g/mol. The number of hydrogen-bond acceptors (Lipinski definition) is 5. The summed E-state index contributed by atoms with van der Waals surface area (Å²) in [4.78, 5) is 14.3. The van der Waals surface area contributed by atoms with E-state index in [1.54, 1.807) is 18.2 Å². The number of nitrogens with one attached hydrogen (secondary N) is 2. The number of esters is 1. The molecule has 1 heterocycles. The number of nitrogens with zero attached hydrogens (tertiary/aromatic N) is 1. The zero-order valence-electron chi connectivity index (χ0n) is 18.1. The van der Waals surface area contributed by atoms with Gasteiger partial charge in [-0.05, 0) is 53.8 Å². The van der Waals surface area contributed by atoms with Crippen molar-refractivity contribution in [3.63, 3.8) is 0 Å². The fraction of sp³-hybridized carbons (Fsp3) is 0.375. The van der Waals surface area contributed by atoms with Gasteiger partial charge in [0.25, 0.3) is 0 Å². The summed E-state index contributed by atoms with van der Waals surface area (Å²) in [5, 5.41) is 15.7. The summed E-state index contributed by atoms with van der Waals surface area (Å²) in [6.07, 6.45) is 2.64. The second-order valence-electron chi connectivity index (χ2n) is 7.70. The topological polar surface area (TPSA) is 112 Å². The van der Waals surface area contributed by atoms with Crippen LogP contribution in [0.25, 0.3) is 11.1 Å². The van der Waals surface area contributed by atoms with Crippen LogP contribution in [0.2, 0.25) is 0 Å². The molecule has 1 saturated heterocycles. The fourth-order valence-electron chi connectivity index (χ4n) is 3.77. The third-order valence-electron chi connectivity index (χ3n) is 5.57. The van der Waals surface area contributed by atoms with Gasteiger partial charge in [-0.2, -0.15) is 0 Å². The monoisotopic (exact) mass is 422 g/mol. The molecule has 2 aromatic rings. The maximum atomic E-state index is 12.2. The quantitative estimate of drug-likeness (QED) is 0.357. The molecule has 4 N–H and O–H groups in total. The van der Waals surface area contributed by atoms with E-state index in [4.69, 9.17) is 26.0 Å². The van der Waals surface area contributed by atoms with Crippen LogP contribution in [-0.2, 0) is 16.1 Å². The van der Waals surface area contributed by atoms with Crippen LogP contribution in [0, 0.1) is 10.8 Å². The number of nitrogen functional groups attached to an aromatic ring is 1. The minimum atomic E-state index is -0.405. The molecule has 0 bridgehead atoms. The molecule has 1 aliphatic rings. The van der Waals surface area contributed by atoms with Crippen molar-refractivity contribution >= 4 is 17.6 Å². The number of rotatable bonds is 7. The SMILES string of the molecule is CCC(=N)N1CCC(OCc2cc(C(=O)OC)cc(-c3cccc(C(=N)N)c3)c2)CC1. The Morgan fingerprint density at radius 2 is 1.81 bits per heavy atom. The van der Waals surface area contributed by atoms with Crippen molar-refractivity contribution in [1.29, 1.82) is 10.8 Å². The lowest BCUT2D eigenvalue weighted by molar-refractivity contribution is 0.00803. The maximum absolute atomic E-state index is 12.2. The number of hydrogen-bond donors (Lipinski definition) is 3. The highest BCUT2D eigenvalue weighted by atomic mass is 16.5. The van der Waals surface area contributed by atoms with Gasteiger partial charge in [0.2, 0.25) is 0 Å². The van der Waals surface area contributed by atoms with E-state index < -0.39 is 5.97 Å². The molecule has 2 aromatic carbocycles.